The lowest BCUT2D eigenvalue weighted by atomic mass is 10.1. The smallest absolute Gasteiger partial charge is 0.146 e. The minimum absolute atomic E-state index is 0.771. The monoisotopic (exact) mass is 334 g/mol. The molecular weight excluding hydrogens is 308 g/mol. The van der Waals surface area contributed by atoms with E-state index < -0.39 is 0 Å². The molecule has 0 saturated heterocycles. The zero-order valence-corrected chi connectivity index (χ0v) is 14.8. The topological polar surface area (TPSA) is 34.1 Å². The molecule has 2 aromatic carbocycles. The Hall–Kier alpha value is -2.74. The SMILES string of the molecule is CCCCCC(C=O)=Cc1ccccc1.O=CC=Cc1ccccc1. The molecule has 2 heteroatoms. The molecular formula is C23H26O2. The highest BCUT2D eigenvalue weighted by Gasteiger charge is 1.96. The number of rotatable bonds is 8. The molecule has 0 saturated carbocycles. The van der Waals surface area contributed by atoms with E-state index in [1.807, 2.05) is 66.7 Å². The lowest BCUT2D eigenvalue weighted by Crippen LogP contribution is -1.86. The molecule has 0 radical (unpaired) electrons. The quantitative estimate of drug-likeness (QED) is 0.350. The minimum atomic E-state index is 0.771. The molecule has 0 spiro atoms. The van der Waals surface area contributed by atoms with Crippen molar-refractivity contribution in [1.82, 2.24) is 0 Å². The Balaban J connectivity index is 0.000000271. The highest BCUT2D eigenvalue weighted by Crippen LogP contribution is 2.11. The highest BCUT2D eigenvalue weighted by molar-refractivity contribution is 5.81. The van der Waals surface area contributed by atoms with E-state index in [2.05, 4.69) is 6.92 Å². The molecule has 0 N–H and O–H groups in total. The average Bonchev–Trinajstić information content (AvgIpc) is 2.68. The minimum Gasteiger partial charge on any atom is -0.299 e. The van der Waals surface area contributed by atoms with E-state index >= 15 is 0 Å². The van der Waals surface area contributed by atoms with Crippen LogP contribution in [-0.2, 0) is 9.59 Å². The normalized spacial score (nSPS) is 10.8. The van der Waals surface area contributed by atoms with Gasteiger partial charge in [-0.1, -0.05) is 86.5 Å². The van der Waals surface area contributed by atoms with Gasteiger partial charge in [-0.05, 0) is 41.7 Å². The van der Waals surface area contributed by atoms with E-state index in [0.717, 1.165) is 42.1 Å². The van der Waals surface area contributed by atoms with Gasteiger partial charge in [0.25, 0.3) is 0 Å². The number of hydrogen-bond donors (Lipinski definition) is 0. The second-order valence-corrected chi connectivity index (χ2v) is 5.61. The summed E-state index contributed by atoms with van der Waals surface area (Å²) >= 11 is 0. The first-order chi connectivity index (χ1) is 12.3. The maximum atomic E-state index is 10.8. The Bertz CT molecular complexity index is 655. The van der Waals surface area contributed by atoms with Crippen molar-refractivity contribution in [3.8, 4) is 0 Å². The van der Waals surface area contributed by atoms with Crippen molar-refractivity contribution < 1.29 is 9.59 Å². The molecule has 0 unspecified atom stereocenters. The Kier molecular flexibility index (Phi) is 11.1. The van der Waals surface area contributed by atoms with Crippen molar-refractivity contribution in [2.24, 2.45) is 0 Å². The lowest BCUT2D eigenvalue weighted by molar-refractivity contribution is -0.105. The fourth-order valence-electron chi connectivity index (χ4n) is 2.22. The molecule has 2 rings (SSSR count). The van der Waals surface area contributed by atoms with Crippen LogP contribution in [0.5, 0.6) is 0 Å². The summed E-state index contributed by atoms with van der Waals surface area (Å²) in [5.41, 5.74) is 3.06. The summed E-state index contributed by atoms with van der Waals surface area (Å²) in [6.07, 6.45) is 11.4. The summed E-state index contributed by atoms with van der Waals surface area (Å²) in [5.74, 6) is 0. The van der Waals surface area contributed by atoms with Gasteiger partial charge in [-0.15, -0.1) is 0 Å². The molecule has 0 aliphatic rings. The van der Waals surface area contributed by atoms with Crippen LogP contribution in [0.1, 0.15) is 43.7 Å². The van der Waals surface area contributed by atoms with Crippen LogP contribution in [0.15, 0.2) is 72.3 Å². The second-order valence-electron chi connectivity index (χ2n) is 5.61. The van der Waals surface area contributed by atoms with Crippen LogP contribution >= 0.6 is 0 Å². The van der Waals surface area contributed by atoms with E-state index in [1.165, 1.54) is 18.9 Å². The fourth-order valence-corrected chi connectivity index (χ4v) is 2.22. The summed E-state index contributed by atoms with van der Waals surface area (Å²) < 4.78 is 0. The van der Waals surface area contributed by atoms with E-state index in [9.17, 15) is 9.59 Å². The van der Waals surface area contributed by atoms with Gasteiger partial charge >= 0.3 is 0 Å². The first-order valence-electron chi connectivity index (χ1n) is 8.67. The molecule has 0 aromatic heterocycles. The van der Waals surface area contributed by atoms with Crippen LogP contribution in [0.3, 0.4) is 0 Å². The predicted molar refractivity (Wildman–Crippen MR) is 106 cm³/mol. The maximum Gasteiger partial charge on any atom is 0.146 e. The number of aldehydes is 2. The fraction of sp³-hybridized carbons (Fsp3) is 0.217. The van der Waals surface area contributed by atoms with Gasteiger partial charge < -0.3 is 0 Å². The third-order valence-electron chi connectivity index (χ3n) is 3.54. The summed E-state index contributed by atoms with van der Waals surface area (Å²) in [7, 11) is 0. The van der Waals surface area contributed by atoms with Crippen molar-refractivity contribution in [3.63, 3.8) is 0 Å². The summed E-state index contributed by atoms with van der Waals surface area (Å²) in [6, 6.07) is 19.7. The second kappa shape index (κ2) is 13.7. The Morgan fingerprint density at radius 3 is 1.96 bits per heavy atom. The summed E-state index contributed by atoms with van der Waals surface area (Å²) in [5, 5.41) is 0. The Morgan fingerprint density at radius 2 is 1.44 bits per heavy atom. The first kappa shape index (κ1) is 20.3. The average molecular weight is 334 g/mol. The van der Waals surface area contributed by atoms with Crippen LogP contribution in [0.2, 0.25) is 0 Å². The molecule has 0 aliphatic carbocycles. The predicted octanol–water partition coefficient (Wildman–Crippen LogP) is 5.75. The number of carbonyl (C=O) groups is 2. The summed E-state index contributed by atoms with van der Waals surface area (Å²) in [6.45, 7) is 2.17. The zero-order chi connectivity index (χ0) is 18.2. The van der Waals surface area contributed by atoms with E-state index in [4.69, 9.17) is 0 Å². The van der Waals surface area contributed by atoms with Crippen LogP contribution in [0, 0.1) is 0 Å². The van der Waals surface area contributed by atoms with Crippen LogP contribution in [0.4, 0.5) is 0 Å². The molecule has 2 aromatic rings. The van der Waals surface area contributed by atoms with Gasteiger partial charge in [0, 0.05) is 0 Å². The van der Waals surface area contributed by atoms with Crippen molar-refractivity contribution in [3.05, 3.63) is 83.4 Å². The zero-order valence-electron chi connectivity index (χ0n) is 14.8. The van der Waals surface area contributed by atoms with Gasteiger partial charge in [-0.2, -0.15) is 0 Å². The largest absolute Gasteiger partial charge is 0.299 e. The standard InChI is InChI=1S/C14H18O.C9H8O/c1-2-3-5-10-14(12-15)11-13-8-6-4-7-9-13;10-8-4-7-9-5-2-1-3-6-9/h4,6-9,11-12H,2-3,5,10H2,1H3;1-8H. The van der Waals surface area contributed by atoms with Gasteiger partial charge in [0.1, 0.15) is 12.6 Å². The third-order valence-corrected chi connectivity index (χ3v) is 3.54. The van der Waals surface area contributed by atoms with E-state index in [0.29, 0.717) is 0 Å². The number of benzene rings is 2. The van der Waals surface area contributed by atoms with Crippen LogP contribution in [0.25, 0.3) is 12.2 Å². The van der Waals surface area contributed by atoms with E-state index in [1.54, 1.807) is 6.08 Å². The Morgan fingerprint density at radius 1 is 0.840 bits per heavy atom. The van der Waals surface area contributed by atoms with Crippen LogP contribution in [-0.4, -0.2) is 12.6 Å². The van der Waals surface area contributed by atoms with Gasteiger partial charge in [0.05, 0.1) is 0 Å². The maximum absolute atomic E-state index is 10.8. The van der Waals surface area contributed by atoms with Gasteiger partial charge in [0.15, 0.2) is 0 Å². The van der Waals surface area contributed by atoms with Crippen LogP contribution < -0.4 is 0 Å². The highest BCUT2D eigenvalue weighted by atomic mass is 16.1. The van der Waals surface area contributed by atoms with E-state index in [-0.39, 0.29) is 0 Å². The van der Waals surface area contributed by atoms with Crippen molar-refractivity contribution >= 4 is 24.7 Å². The molecule has 0 atom stereocenters. The number of hydrogen-bond acceptors (Lipinski definition) is 2. The van der Waals surface area contributed by atoms with Gasteiger partial charge in [-0.3, -0.25) is 9.59 Å². The molecule has 0 bridgehead atoms. The first-order valence-corrected chi connectivity index (χ1v) is 8.67. The molecule has 130 valence electrons. The molecule has 2 nitrogen and oxygen atoms in total. The van der Waals surface area contributed by atoms with Gasteiger partial charge in [0.2, 0.25) is 0 Å². The van der Waals surface area contributed by atoms with Crippen molar-refractivity contribution in [1.29, 1.82) is 0 Å². The van der Waals surface area contributed by atoms with Crippen molar-refractivity contribution in [2.45, 2.75) is 32.6 Å². The third kappa shape index (κ3) is 9.87. The lowest BCUT2D eigenvalue weighted by Gasteiger charge is -1.99. The number of unbranched alkanes of at least 4 members (excludes halogenated alkanes) is 2. The molecule has 0 fully saturated rings. The molecule has 0 aliphatic heterocycles. The molecule has 0 heterocycles. The Labute approximate surface area is 150 Å². The molecule has 25 heavy (non-hydrogen) atoms. The molecule has 0 amide bonds. The number of allylic oxidation sites excluding steroid dienone is 2. The number of carbonyl (C=O) groups excluding carboxylic acids is 2. The van der Waals surface area contributed by atoms with Gasteiger partial charge in [-0.25, -0.2) is 0 Å². The summed E-state index contributed by atoms with van der Waals surface area (Å²) in [4.78, 5) is 20.7. The van der Waals surface area contributed by atoms with Crippen molar-refractivity contribution in [2.75, 3.05) is 0 Å².